The minimum absolute atomic E-state index is 0.498. The summed E-state index contributed by atoms with van der Waals surface area (Å²) in [4.78, 5) is 7.68. The zero-order chi connectivity index (χ0) is 7.40. The molecule has 0 aromatic rings. The number of nitrogens with zero attached hydrogens (tertiary/aromatic N) is 2. The highest BCUT2D eigenvalue weighted by molar-refractivity contribution is 5.73. The second kappa shape index (κ2) is 3.14. The van der Waals surface area contributed by atoms with Crippen LogP contribution in [0.25, 0.3) is 0 Å². The lowest BCUT2D eigenvalue weighted by molar-refractivity contribution is 0.790. The lowest BCUT2D eigenvalue weighted by atomic mass is 10.1. The van der Waals surface area contributed by atoms with Gasteiger partial charge in [0.1, 0.15) is 6.34 Å². The highest BCUT2D eigenvalue weighted by Crippen LogP contribution is 2.09. The lowest BCUT2D eigenvalue weighted by Gasteiger charge is -2.00. The van der Waals surface area contributed by atoms with Gasteiger partial charge in [0.15, 0.2) is 0 Å². The van der Waals surface area contributed by atoms with Crippen molar-refractivity contribution in [3.63, 3.8) is 0 Å². The Morgan fingerprint density at radius 1 is 1.50 bits per heavy atom. The molecule has 1 aliphatic heterocycles. The van der Waals surface area contributed by atoms with Crippen LogP contribution >= 0.6 is 0 Å². The number of hydrogen-bond acceptors (Lipinski definition) is 2. The van der Waals surface area contributed by atoms with Crippen LogP contribution in [0.2, 0.25) is 0 Å². The van der Waals surface area contributed by atoms with Gasteiger partial charge in [-0.05, 0) is 17.4 Å². The van der Waals surface area contributed by atoms with E-state index in [4.69, 9.17) is 0 Å². The Hall–Kier alpha value is -1.14. The summed E-state index contributed by atoms with van der Waals surface area (Å²) in [6.07, 6.45) is 5.16. The standard InChI is InChI=1S/C8H10N2/c1-7(2)8-3-4-9-6-10-5-8/h3,5-7H,1-2H3. The van der Waals surface area contributed by atoms with Crippen molar-refractivity contribution in [3.05, 3.63) is 17.8 Å². The zero-order valence-electron chi connectivity index (χ0n) is 6.20. The van der Waals surface area contributed by atoms with Crippen LogP contribution < -0.4 is 0 Å². The van der Waals surface area contributed by atoms with E-state index >= 15 is 0 Å². The highest BCUT2D eigenvalue weighted by atomic mass is 14.8. The molecule has 0 amide bonds. The first-order chi connectivity index (χ1) is 4.80. The zero-order valence-corrected chi connectivity index (χ0v) is 6.20. The van der Waals surface area contributed by atoms with Gasteiger partial charge in [0, 0.05) is 12.3 Å². The summed E-state index contributed by atoms with van der Waals surface area (Å²) in [6, 6.07) is 0. The molecule has 1 rings (SSSR count). The fourth-order valence-electron chi connectivity index (χ4n) is 0.651. The number of hydrogen-bond donors (Lipinski definition) is 0. The molecule has 0 saturated carbocycles. The van der Waals surface area contributed by atoms with Crippen molar-refractivity contribution in [1.82, 2.24) is 0 Å². The van der Waals surface area contributed by atoms with Crippen molar-refractivity contribution in [2.24, 2.45) is 15.9 Å². The molecule has 2 nitrogen and oxygen atoms in total. The molecule has 0 atom stereocenters. The number of aliphatic imine (C=N–C) groups is 2. The van der Waals surface area contributed by atoms with Gasteiger partial charge in [0.25, 0.3) is 0 Å². The van der Waals surface area contributed by atoms with Gasteiger partial charge >= 0.3 is 0 Å². The quantitative estimate of drug-likeness (QED) is 0.522. The molecular weight excluding hydrogens is 124 g/mol. The summed E-state index contributed by atoms with van der Waals surface area (Å²) >= 11 is 0. The summed E-state index contributed by atoms with van der Waals surface area (Å²) in [5.41, 5.74) is 1.16. The van der Waals surface area contributed by atoms with Gasteiger partial charge < -0.3 is 0 Å². The van der Waals surface area contributed by atoms with E-state index in [1.165, 1.54) is 6.34 Å². The Bertz CT molecular complexity index is 228. The fraction of sp³-hybridized carbons (Fsp3) is 0.375. The second-order valence-corrected chi connectivity index (χ2v) is 2.45. The van der Waals surface area contributed by atoms with Crippen molar-refractivity contribution in [2.45, 2.75) is 13.8 Å². The Morgan fingerprint density at radius 2 is 2.30 bits per heavy atom. The number of rotatable bonds is 1. The SMILES string of the molecule is CC(C)C1=CN=CN=C=C1. The first-order valence-corrected chi connectivity index (χ1v) is 3.31. The monoisotopic (exact) mass is 134 g/mol. The predicted octanol–water partition coefficient (Wildman–Crippen LogP) is 1.79. The van der Waals surface area contributed by atoms with E-state index in [0.29, 0.717) is 5.92 Å². The molecule has 0 aromatic carbocycles. The molecule has 0 fully saturated rings. The molecular formula is C8H10N2. The predicted molar refractivity (Wildman–Crippen MR) is 43.4 cm³/mol. The molecule has 0 unspecified atom stereocenters. The number of allylic oxidation sites excluding steroid dienone is 2. The van der Waals surface area contributed by atoms with Gasteiger partial charge in [0.2, 0.25) is 0 Å². The maximum absolute atomic E-state index is 3.93. The molecule has 1 aliphatic rings. The van der Waals surface area contributed by atoms with E-state index in [-0.39, 0.29) is 0 Å². The summed E-state index contributed by atoms with van der Waals surface area (Å²) in [5, 5.41) is 0. The van der Waals surface area contributed by atoms with E-state index in [1.807, 2.05) is 12.3 Å². The Morgan fingerprint density at radius 3 is 3.00 bits per heavy atom. The van der Waals surface area contributed by atoms with Gasteiger partial charge in [-0.15, -0.1) is 0 Å². The third-order valence-electron chi connectivity index (χ3n) is 1.32. The fourth-order valence-corrected chi connectivity index (χ4v) is 0.651. The van der Waals surface area contributed by atoms with Gasteiger partial charge in [-0.3, -0.25) is 0 Å². The Balaban J connectivity index is 2.86. The van der Waals surface area contributed by atoms with Gasteiger partial charge in [-0.2, -0.15) is 4.99 Å². The summed E-state index contributed by atoms with van der Waals surface area (Å²) in [7, 11) is 0. The van der Waals surface area contributed by atoms with Crippen molar-refractivity contribution >= 4 is 12.2 Å². The normalized spacial score (nSPS) is 15.7. The van der Waals surface area contributed by atoms with E-state index in [1.54, 1.807) is 0 Å². The van der Waals surface area contributed by atoms with Gasteiger partial charge in [-0.25, -0.2) is 4.99 Å². The van der Waals surface area contributed by atoms with Gasteiger partial charge in [0.05, 0.1) is 0 Å². The topological polar surface area (TPSA) is 24.7 Å². The smallest absolute Gasteiger partial charge is 0.125 e. The Labute approximate surface area is 60.7 Å². The minimum atomic E-state index is 0.498. The maximum atomic E-state index is 3.93. The van der Waals surface area contributed by atoms with E-state index in [0.717, 1.165) is 5.57 Å². The molecule has 0 radical (unpaired) electrons. The van der Waals surface area contributed by atoms with Crippen molar-refractivity contribution < 1.29 is 0 Å². The summed E-state index contributed by atoms with van der Waals surface area (Å²) in [6.45, 7) is 4.23. The van der Waals surface area contributed by atoms with Crippen LogP contribution in [-0.2, 0) is 0 Å². The van der Waals surface area contributed by atoms with Crippen LogP contribution in [0, 0.1) is 5.92 Å². The molecule has 0 aliphatic carbocycles. The van der Waals surface area contributed by atoms with E-state index in [9.17, 15) is 0 Å². The van der Waals surface area contributed by atoms with Crippen LogP contribution in [0.15, 0.2) is 27.8 Å². The largest absolute Gasteiger partial charge is 0.244 e. The molecule has 10 heavy (non-hydrogen) atoms. The van der Waals surface area contributed by atoms with Crippen molar-refractivity contribution in [1.29, 1.82) is 0 Å². The van der Waals surface area contributed by atoms with Crippen LogP contribution in [0.4, 0.5) is 0 Å². The molecule has 0 bridgehead atoms. The molecule has 0 spiro atoms. The lowest BCUT2D eigenvalue weighted by Crippen LogP contribution is -1.88. The van der Waals surface area contributed by atoms with Crippen LogP contribution in [0.5, 0.6) is 0 Å². The molecule has 52 valence electrons. The summed E-state index contributed by atoms with van der Waals surface area (Å²) < 4.78 is 0. The average molecular weight is 134 g/mol. The Kier molecular flexibility index (Phi) is 2.19. The third kappa shape index (κ3) is 1.67. The maximum Gasteiger partial charge on any atom is 0.125 e. The van der Waals surface area contributed by atoms with Crippen LogP contribution in [0.1, 0.15) is 13.8 Å². The molecule has 0 saturated heterocycles. The molecule has 0 aromatic heterocycles. The summed E-state index contributed by atoms with van der Waals surface area (Å²) in [5.74, 6) is 3.26. The molecule has 1 heterocycles. The third-order valence-corrected chi connectivity index (χ3v) is 1.32. The second-order valence-electron chi connectivity index (χ2n) is 2.45. The van der Waals surface area contributed by atoms with E-state index in [2.05, 4.69) is 29.7 Å². The molecule has 2 heteroatoms. The van der Waals surface area contributed by atoms with Crippen molar-refractivity contribution in [2.75, 3.05) is 0 Å². The van der Waals surface area contributed by atoms with Crippen LogP contribution in [-0.4, -0.2) is 12.2 Å². The van der Waals surface area contributed by atoms with E-state index < -0.39 is 0 Å². The van der Waals surface area contributed by atoms with Crippen LogP contribution in [0.3, 0.4) is 0 Å². The minimum Gasteiger partial charge on any atom is -0.244 e. The molecule has 0 N–H and O–H groups in total. The highest BCUT2D eigenvalue weighted by Gasteiger charge is 1.97. The van der Waals surface area contributed by atoms with Gasteiger partial charge in [-0.1, -0.05) is 13.8 Å². The average Bonchev–Trinajstić information content (AvgIpc) is 2.12. The van der Waals surface area contributed by atoms with Crippen molar-refractivity contribution in [3.8, 4) is 0 Å². The first kappa shape index (κ1) is 6.97. The first-order valence-electron chi connectivity index (χ1n) is 3.31.